The number of aliphatic hydroxyl groups is 4. The predicted octanol–water partition coefficient (Wildman–Crippen LogP) is -2.83. The Labute approximate surface area is 79.6 Å². The van der Waals surface area contributed by atoms with Crippen LogP contribution in [-0.2, 0) is 9.09 Å². The minimum atomic E-state index is -4.71. The molecular weight excluding hydrogens is 219 g/mol. The van der Waals surface area contributed by atoms with Crippen LogP contribution in [0, 0.1) is 0 Å². The number of hydrogen-bond acceptors (Lipinski definition) is 6. The van der Waals surface area contributed by atoms with Crippen LogP contribution >= 0.6 is 7.82 Å². The molecule has 0 rings (SSSR count). The van der Waals surface area contributed by atoms with Gasteiger partial charge in [-0.15, -0.1) is 0 Å². The van der Waals surface area contributed by atoms with Crippen molar-refractivity contribution in [2.75, 3.05) is 13.2 Å². The molecule has 0 spiro atoms. The molecule has 0 saturated carbocycles. The molecular formula is C5H13O8P. The Morgan fingerprint density at radius 2 is 1.64 bits per heavy atom. The molecule has 0 saturated heterocycles. The van der Waals surface area contributed by atoms with Gasteiger partial charge >= 0.3 is 7.82 Å². The van der Waals surface area contributed by atoms with E-state index in [9.17, 15) is 4.57 Å². The average Bonchev–Trinajstić information content (AvgIpc) is 2.10. The molecule has 0 aromatic rings. The zero-order chi connectivity index (χ0) is 11.4. The summed E-state index contributed by atoms with van der Waals surface area (Å²) in [6.45, 7) is -1.63. The van der Waals surface area contributed by atoms with Crippen LogP contribution in [-0.4, -0.2) is 61.7 Å². The molecule has 0 unspecified atom stereocenters. The first-order valence-corrected chi connectivity index (χ1v) is 5.16. The quantitative estimate of drug-likeness (QED) is 0.268. The molecule has 0 aliphatic carbocycles. The van der Waals surface area contributed by atoms with E-state index < -0.39 is 39.3 Å². The zero-order valence-electron chi connectivity index (χ0n) is 7.09. The van der Waals surface area contributed by atoms with E-state index in [1.165, 1.54) is 0 Å². The van der Waals surface area contributed by atoms with Gasteiger partial charge in [0, 0.05) is 0 Å². The molecule has 0 aromatic carbocycles. The van der Waals surface area contributed by atoms with Crippen LogP contribution in [0.1, 0.15) is 0 Å². The maximum atomic E-state index is 10.2. The molecule has 0 fully saturated rings. The third kappa shape index (κ3) is 5.63. The van der Waals surface area contributed by atoms with E-state index >= 15 is 0 Å². The van der Waals surface area contributed by atoms with Crippen molar-refractivity contribution < 1.29 is 39.3 Å². The lowest BCUT2D eigenvalue weighted by Crippen LogP contribution is -2.41. The summed E-state index contributed by atoms with van der Waals surface area (Å²) < 4.78 is 14.0. The topological polar surface area (TPSA) is 148 Å². The molecule has 86 valence electrons. The van der Waals surface area contributed by atoms with Gasteiger partial charge in [0.15, 0.2) is 0 Å². The largest absolute Gasteiger partial charge is 0.469 e. The van der Waals surface area contributed by atoms with Gasteiger partial charge in [0.1, 0.15) is 18.3 Å². The smallest absolute Gasteiger partial charge is 0.394 e. The van der Waals surface area contributed by atoms with E-state index in [4.69, 9.17) is 30.2 Å². The van der Waals surface area contributed by atoms with Crippen molar-refractivity contribution in [2.24, 2.45) is 0 Å². The van der Waals surface area contributed by atoms with Crippen LogP contribution in [0.15, 0.2) is 0 Å². The van der Waals surface area contributed by atoms with Gasteiger partial charge in [0.25, 0.3) is 0 Å². The van der Waals surface area contributed by atoms with E-state index in [0.717, 1.165) is 0 Å². The fourth-order valence-corrected chi connectivity index (χ4v) is 0.983. The molecule has 0 aliphatic rings. The third-order valence-corrected chi connectivity index (χ3v) is 1.87. The zero-order valence-corrected chi connectivity index (χ0v) is 7.99. The molecule has 3 atom stereocenters. The van der Waals surface area contributed by atoms with Crippen LogP contribution in [0.4, 0.5) is 0 Å². The van der Waals surface area contributed by atoms with Crippen LogP contribution in [0.3, 0.4) is 0 Å². The highest BCUT2D eigenvalue weighted by atomic mass is 31.2. The summed E-state index contributed by atoms with van der Waals surface area (Å²) in [4.78, 5) is 16.5. The van der Waals surface area contributed by atoms with Gasteiger partial charge in [0.2, 0.25) is 0 Å². The van der Waals surface area contributed by atoms with Crippen molar-refractivity contribution in [3.63, 3.8) is 0 Å². The average molecular weight is 232 g/mol. The molecule has 6 N–H and O–H groups in total. The third-order valence-electron chi connectivity index (χ3n) is 1.39. The molecule has 0 heterocycles. The Morgan fingerprint density at radius 3 is 2.00 bits per heavy atom. The highest BCUT2D eigenvalue weighted by Crippen LogP contribution is 2.35. The van der Waals surface area contributed by atoms with Crippen LogP contribution in [0.5, 0.6) is 0 Å². The first kappa shape index (κ1) is 13.9. The summed E-state index contributed by atoms with van der Waals surface area (Å²) in [5, 5.41) is 35.2. The molecule has 0 amide bonds. The van der Waals surface area contributed by atoms with Crippen molar-refractivity contribution in [2.45, 2.75) is 18.3 Å². The van der Waals surface area contributed by atoms with Gasteiger partial charge < -0.3 is 30.2 Å². The Balaban J connectivity index is 3.96. The van der Waals surface area contributed by atoms with Crippen LogP contribution in [0.2, 0.25) is 0 Å². The molecule has 0 aromatic heterocycles. The lowest BCUT2D eigenvalue weighted by atomic mass is 10.1. The first-order chi connectivity index (χ1) is 6.28. The van der Waals surface area contributed by atoms with Gasteiger partial charge in [-0.3, -0.25) is 4.52 Å². The molecule has 9 heteroatoms. The van der Waals surface area contributed by atoms with E-state index in [1.807, 2.05) is 0 Å². The SMILES string of the molecule is O=P(O)(O)OC[C@@H](O)[C@H](O)[C@H](O)CO. The summed E-state index contributed by atoms with van der Waals surface area (Å²) >= 11 is 0. The number of hydrogen-bond donors (Lipinski definition) is 6. The fourth-order valence-electron chi connectivity index (χ4n) is 0.636. The maximum absolute atomic E-state index is 10.2. The van der Waals surface area contributed by atoms with E-state index in [2.05, 4.69) is 4.52 Å². The normalized spacial score (nSPS) is 19.0. The second-order valence-corrected chi connectivity index (χ2v) is 3.83. The molecule has 8 nitrogen and oxygen atoms in total. The summed E-state index contributed by atoms with van der Waals surface area (Å²) in [6.07, 6.45) is -5.01. The molecule has 0 radical (unpaired) electrons. The van der Waals surface area contributed by atoms with Crippen molar-refractivity contribution in [3.8, 4) is 0 Å². The highest BCUT2D eigenvalue weighted by Gasteiger charge is 2.26. The van der Waals surface area contributed by atoms with Gasteiger partial charge in [-0.25, -0.2) is 4.57 Å². The number of aliphatic hydroxyl groups excluding tert-OH is 4. The van der Waals surface area contributed by atoms with Gasteiger partial charge in [-0.2, -0.15) is 0 Å². The number of rotatable bonds is 6. The van der Waals surface area contributed by atoms with Crippen molar-refractivity contribution in [1.82, 2.24) is 0 Å². The summed E-state index contributed by atoms with van der Waals surface area (Å²) in [5.41, 5.74) is 0. The first-order valence-electron chi connectivity index (χ1n) is 3.63. The molecule has 0 aliphatic heterocycles. The monoisotopic (exact) mass is 232 g/mol. The highest BCUT2D eigenvalue weighted by molar-refractivity contribution is 7.46. The predicted molar refractivity (Wildman–Crippen MR) is 43.1 cm³/mol. The van der Waals surface area contributed by atoms with Crippen molar-refractivity contribution in [3.05, 3.63) is 0 Å². The minimum Gasteiger partial charge on any atom is -0.394 e. The molecule has 0 bridgehead atoms. The van der Waals surface area contributed by atoms with Crippen LogP contribution < -0.4 is 0 Å². The minimum absolute atomic E-state index is 0.784. The summed E-state index contributed by atoms with van der Waals surface area (Å²) in [6, 6.07) is 0. The van der Waals surface area contributed by atoms with E-state index in [0.29, 0.717) is 0 Å². The van der Waals surface area contributed by atoms with Gasteiger partial charge in [-0.05, 0) is 0 Å². The lowest BCUT2D eigenvalue weighted by molar-refractivity contribution is -0.0891. The lowest BCUT2D eigenvalue weighted by Gasteiger charge is -2.21. The Bertz CT molecular complexity index is 202. The number of phosphoric acid groups is 1. The van der Waals surface area contributed by atoms with E-state index in [1.54, 1.807) is 0 Å². The van der Waals surface area contributed by atoms with E-state index in [-0.39, 0.29) is 0 Å². The Morgan fingerprint density at radius 1 is 1.14 bits per heavy atom. The standard InChI is InChI=1S/C5H13O8P/c6-1-3(7)5(9)4(8)2-13-14(10,11)12/h3-9H,1-2H2,(H2,10,11,12)/t3-,4-,5-/m1/s1. The maximum Gasteiger partial charge on any atom is 0.469 e. The Kier molecular flexibility index (Phi) is 5.72. The molecule has 14 heavy (non-hydrogen) atoms. The number of phosphoric ester groups is 1. The van der Waals surface area contributed by atoms with Crippen molar-refractivity contribution in [1.29, 1.82) is 0 Å². The van der Waals surface area contributed by atoms with Gasteiger partial charge in [0.05, 0.1) is 13.2 Å². The Hall–Kier alpha value is -0.0500. The summed E-state index contributed by atoms with van der Waals surface area (Å²) in [5.74, 6) is 0. The second kappa shape index (κ2) is 5.74. The summed E-state index contributed by atoms with van der Waals surface area (Å²) in [7, 11) is -4.71. The fraction of sp³-hybridized carbons (Fsp3) is 1.00. The second-order valence-electron chi connectivity index (χ2n) is 2.59. The van der Waals surface area contributed by atoms with Crippen LogP contribution in [0.25, 0.3) is 0 Å². The van der Waals surface area contributed by atoms with Crippen molar-refractivity contribution >= 4 is 7.82 Å². The van der Waals surface area contributed by atoms with Gasteiger partial charge in [-0.1, -0.05) is 0 Å².